The van der Waals surface area contributed by atoms with Gasteiger partial charge in [-0.05, 0) is 86.1 Å². The molecule has 0 aliphatic heterocycles. The van der Waals surface area contributed by atoms with E-state index in [4.69, 9.17) is 0 Å². The lowest BCUT2D eigenvalue weighted by Crippen LogP contribution is -2.06. The highest BCUT2D eigenvalue weighted by Gasteiger charge is 2.20. The summed E-state index contributed by atoms with van der Waals surface area (Å²) in [7, 11) is 0. The Labute approximate surface area is 131 Å². The fourth-order valence-electron chi connectivity index (χ4n) is 3.00. The summed E-state index contributed by atoms with van der Waals surface area (Å²) in [6.07, 6.45) is 0. The Morgan fingerprint density at radius 3 is 1.60 bits per heavy atom. The standard InChI is InChI=1S/C19H23Br/c1-11-8-7-9-12(2)17(11)19(20)18-15(5)13(3)10-14(4)16(18)6/h7-10,19H,1-6H3. The highest BCUT2D eigenvalue weighted by Crippen LogP contribution is 2.39. The van der Waals surface area contributed by atoms with Crippen molar-refractivity contribution in [2.24, 2.45) is 0 Å². The van der Waals surface area contributed by atoms with Crippen LogP contribution in [0.3, 0.4) is 0 Å². The molecule has 0 bridgehead atoms. The molecule has 20 heavy (non-hydrogen) atoms. The van der Waals surface area contributed by atoms with Crippen LogP contribution in [0.25, 0.3) is 0 Å². The zero-order valence-electron chi connectivity index (χ0n) is 13.3. The highest BCUT2D eigenvalue weighted by atomic mass is 79.9. The van der Waals surface area contributed by atoms with Gasteiger partial charge < -0.3 is 0 Å². The van der Waals surface area contributed by atoms with Gasteiger partial charge in [-0.2, -0.15) is 0 Å². The Morgan fingerprint density at radius 2 is 1.15 bits per heavy atom. The summed E-state index contributed by atoms with van der Waals surface area (Å²) in [6.45, 7) is 13.3. The maximum Gasteiger partial charge on any atom is 0.0655 e. The molecule has 106 valence electrons. The van der Waals surface area contributed by atoms with Crippen LogP contribution in [-0.4, -0.2) is 0 Å². The van der Waals surface area contributed by atoms with Gasteiger partial charge >= 0.3 is 0 Å². The van der Waals surface area contributed by atoms with E-state index in [0.29, 0.717) is 0 Å². The topological polar surface area (TPSA) is 0 Å². The molecule has 1 heteroatoms. The molecule has 2 aromatic rings. The van der Waals surface area contributed by atoms with Crippen LogP contribution in [0.1, 0.15) is 49.3 Å². The van der Waals surface area contributed by atoms with Crippen molar-refractivity contribution < 1.29 is 0 Å². The van der Waals surface area contributed by atoms with Gasteiger partial charge in [0.1, 0.15) is 0 Å². The van der Waals surface area contributed by atoms with Gasteiger partial charge in [0.25, 0.3) is 0 Å². The predicted octanol–water partition coefficient (Wildman–Crippen LogP) is 6.02. The first-order valence-corrected chi connectivity index (χ1v) is 8.03. The molecule has 0 spiro atoms. The Kier molecular flexibility index (Phi) is 4.39. The zero-order valence-corrected chi connectivity index (χ0v) is 14.9. The monoisotopic (exact) mass is 330 g/mol. The summed E-state index contributed by atoms with van der Waals surface area (Å²) < 4.78 is 0. The fourth-order valence-corrected chi connectivity index (χ4v) is 4.41. The number of hydrogen-bond donors (Lipinski definition) is 0. The first kappa shape index (κ1) is 15.3. The van der Waals surface area contributed by atoms with E-state index in [1.165, 1.54) is 44.5 Å². The van der Waals surface area contributed by atoms with Gasteiger partial charge in [-0.3, -0.25) is 0 Å². The van der Waals surface area contributed by atoms with E-state index >= 15 is 0 Å². The highest BCUT2D eigenvalue weighted by molar-refractivity contribution is 9.09. The molecule has 0 aromatic heterocycles. The lowest BCUT2D eigenvalue weighted by Gasteiger charge is -2.23. The van der Waals surface area contributed by atoms with E-state index in [1.807, 2.05) is 0 Å². The van der Waals surface area contributed by atoms with Gasteiger partial charge in [0.2, 0.25) is 0 Å². The van der Waals surface area contributed by atoms with Gasteiger partial charge in [0.05, 0.1) is 4.83 Å². The van der Waals surface area contributed by atoms with Crippen molar-refractivity contribution in [3.05, 3.63) is 68.8 Å². The van der Waals surface area contributed by atoms with E-state index in [2.05, 4.69) is 81.7 Å². The summed E-state index contributed by atoms with van der Waals surface area (Å²) in [5.74, 6) is 0. The van der Waals surface area contributed by atoms with Crippen LogP contribution in [0.2, 0.25) is 0 Å². The first-order chi connectivity index (χ1) is 9.34. The number of aryl methyl sites for hydroxylation is 4. The van der Waals surface area contributed by atoms with Gasteiger partial charge in [-0.25, -0.2) is 0 Å². The van der Waals surface area contributed by atoms with Crippen LogP contribution in [0, 0.1) is 41.5 Å². The summed E-state index contributed by atoms with van der Waals surface area (Å²) in [4.78, 5) is 0.266. The van der Waals surface area contributed by atoms with Crippen LogP contribution < -0.4 is 0 Å². The van der Waals surface area contributed by atoms with E-state index in [0.717, 1.165) is 0 Å². The van der Waals surface area contributed by atoms with Crippen molar-refractivity contribution in [3.8, 4) is 0 Å². The van der Waals surface area contributed by atoms with Crippen LogP contribution >= 0.6 is 15.9 Å². The molecule has 0 aliphatic rings. The number of rotatable bonds is 2. The Hall–Kier alpha value is -1.08. The van der Waals surface area contributed by atoms with E-state index < -0.39 is 0 Å². The molecular weight excluding hydrogens is 308 g/mol. The zero-order chi connectivity index (χ0) is 15.0. The fraction of sp³-hybridized carbons (Fsp3) is 0.368. The normalized spacial score (nSPS) is 12.6. The third-order valence-corrected chi connectivity index (χ3v) is 5.39. The number of benzene rings is 2. The van der Waals surface area contributed by atoms with Crippen molar-refractivity contribution in [2.75, 3.05) is 0 Å². The minimum atomic E-state index is 0.266. The van der Waals surface area contributed by atoms with Gasteiger partial charge in [0.15, 0.2) is 0 Å². The molecule has 1 unspecified atom stereocenters. The molecule has 0 saturated heterocycles. The molecule has 2 aromatic carbocycles. The smallest absolute Gasteiger partial charge is 0.0655 e. The number of alkyl halides is 1. The van der Waals surface area contributed by atoms with Gasteiger partial charge in [0, 0.05) is 0 Å². The SMILES string of the molecule is Cc1cc(C)c(C)c(C(Br)c2c(C)cccc2C)c1C. The number of hydrogen-bond acceptors (Lipinski definition) is 0. The molecule has 0 saturated carbocycles. The van der Waals surface area contributed by atoms with Crippen molar-refractivity contribution in [1.29, 1.82) is 0 Å². The van der Waals surface area contributed by atoms with Crippen molar-refractivity contribution >= 4 is 15.9 Å². The van der Waals surface area contributed by atoms with Gasteiger partial charge in [-0.1, -0.05) is 40.2 Å². The molecule has 0 fully saturated rings. The van der Waals surface area contributed by atoms with Crippen LogP contribution in [-0.2, 0) is 0 Å². The molecule has 0 heterocycles. The van der Waals surface area contributed by atoms with Crippen molar-refractivity contribution in [2.45, 2.75) is 46.4 Å². The van der Waals surface area contributed by atoms with Crippen LogP contribution in [0.15, 0.2) is 24.3 Å². The summed E-state index contributed by atoms with van der Waals surface area (Å²) >= 11 is 3.97. The molecule has 0 nitrogen and oxygen atoms in total. The van der Waals surface area contributed by atoms with E-state index in [9.17, 15) is 0 Å². The van der Waals surface area contributed by atoms with Crippen molar-refractivity contribution in [1.82, 2.24) is 0 Å². The quantitative estimate of drug-likeness (QED) is 0.590. The van der Waals surface area contributed by atoms with E-state index in [-0.39, 0.29) is 4.83 Å². The maximum atomic E-state index is 3.97. The first-order valence-electron chi connectivity index (χ1n) is 7.12. The minimum Gasteiger partial charge on any atom is -0.0786 e. The second-order valence-electron chi connectivity index (χ2n) is 5.84. The molecule has 1 atom stereocenters. The second-order valence-corrected chi connectivity index (χ2v) is 6.76. The average molecular weight is 331 g/mol. The summed E-state index contributed by atoms with van der Waals surface area (Å²) in [5, 5.41) is 0. The molecular formula is C19H23Br. The molecule has 0 aliphatic carbocycles. The Morgan fingerprint density at radius 1 is 0.700 bits per heavy atom. The second kappa shape index (κ2) is 5.73. The maximum absolute atomic E-state index is 3.97. The summed E-state index contributed by atoms with van der Waals surface area (Å²) in [5.41, 5.74) is 11.1. The minimum absolute atomic E-state index is 0.266. The van der Waals surface area contributed by atoms with Crippen molar-refractivity contribution in [3.63, 3.8) is 0 Å². The van der Waals surface area contributed by atoms with Crippen LogP contribution in [0.5, 0.6) is 0 Å². The van der Waals surface area contributed by atoms with Gasteiger partial charge in [-0.15, -0.1) is 0 Å². The lowest BCUT2D eigenvalue weighted by atomic mass is 9.87. The Balaban J connectivity index is 2.69. The summed E-state index contributed by atoms with van der Waals surface area (Å²) in [6, 6.07) is 8.82. The van der Waals surface area contributed by atoms with E-state index in [1.54, 1.807) is 0 Å². The molecule has 0 radical (unpaired) electrons. The predicted molar refractivity (Wildman–Crippen MR) is 92.1 cm³/mol. The largest absolute Gasteiger partial charge is 0.0786 e. The third kappa shape index (κ3) is 2.56. The number of halogens is 1. The lowest BCUT2D eigenvalue weighted by molar-refractivity contribution is 1.05. The average Bonchev–Trinajstić information content (AvgIpc) is 2.36. The third-order valence-electron chi connectivity index (χ3n) is 4.47. The molecule has 2 rings (SSSR count). The molecule has 0 N–H and O–H groups in total. The van der Waals surface area contributed by atoms with Crippen LogP contribution in [0.4, 0.5) is 0 Å². The molecule has 0 amide bonds. The Bertz CT molecular complexity index is 607.